The summed E-state index contributed by atoms with van der Waals surface area (Å²) in [5.41, 5.74) is 8.14. The molecule has 0 aliphatic heterocycles. The lowest BCUT2D eigenvalue weighted by atomic mass is 9.99. The van der Waals surface area contributed by atoms with Gasteiger partial charge in [0.15, 0.2) is 0 Å². The van der Waals surface area contributed by atoms with Crippen molar-refractivity contribution in [3.05, 3.63) is 23.8 Å². The Bertz CT molecular complexity index is 500. The maximum atomic E-state index is 12.1. The van der Waals surface area contributed by atoms with Crippen LogP contribution in [0.25, 0.3) is 0 Å². The molecule has 0 saturated carbocycles. The standard InChI is InChI=1S/C15H23N3O2/c1-5-9(2)14(16)15(20)18-13-8-12(17-11(4)19)7-6-10(13)3/h6-9,14H,5,16H2,1-4H3,(H,17,19)(H,18,20)/t9?,14-/m0/s1. The molecule has 0 saturated heterocycles. The zero-order valence-corrected chi connectivity index (χ0v) is 12.5. The van der Waals surface area contributed by atoms with Crippen LogP contribution in [0.2, 0.25) is 0 Å². The molecule has 0 aliphatic rings. The molecule has 4 N–H and O–H groups in total. The lowest BCUT2D eigenvalue weighted by molar-refractivity contribution is -0.118. The van der Waals surface area contributed by atoms with E-state index in [0.29, 0.717) is 11.4 Å². The number of benzene rings is 1. The number of carbonyl (C=O) groups excluding carboxylic acids is 2. The Morgan fingerprint density at radius 2 is 1.95 bits per heavy atom. The Labute approximate surface area is 119 Å². The van der Waals surface area contributed by atoms with E-state index in [1.807, 2.05) is 26.8 Å². The van der Waals surface area contributed by atoms with Crippen LogP contribution in [-0.2, 0) is 9.59 Å². The highest BCUT2D eigenvalue weighted by Gasteiger charge is 2.20. The highest BCUT2D eigenvalue weighted by atomic mass is 16.2. The molecule has 0 radical (unpaired) electrons. The minimum Gasteiger partial charge on any atom is -0.326 e. The Balaban J connectivity index is 2.85. The molecule has 1 aromatic rings. The van der Waals surface area contributed by atoms with Gasteiger partial charge in [0.25, 0.3) is 0 Å². The van der Waals surface area contributed by atoms with Crippen LogP contribution in [-0.4, -0.2) is 17.9 Å². The van der Waals surface area contributed by atoms with Gasteiger partial charge in [0.05, 0.1) is 6.04 Å². The molecule has 0 spiro atoms. The summed E-state index contributed by atoms with van der Waals surface area (Å²) in [6.07, 6.45) is 0.847. The van der Waals surface area contributed by atoms with Gasteiger partial charge in [0.2, 0.25) is 11.8 Å². The number of rotatable bonds is 5. The number of amides is 2. The van der Waals surface area contributed by atoms with E-state index in [1.54, 1.807) is 12.1 Å². The van der Waals surface area contributed by atoms with E-state index < -0.39 is 6.04 Å². The number of hydrogen-bond donors (Lipinski definition) is 3. The Hall–Kier alpha value is -1.88. The molecule has 0 aliphatic carbocycles. The van der Waals surface area contributed by atoms with Gasteiger partial charge in [0.1, 0.15) is 0 Å². The summed E-state index contributed by atoms with van der Waals surface area (Å²) >= 11 is 0. The van der Waals surface area contributed by atoms with Gasteiger partial charge in [0, 0.05) is 18.3 Å². The minimum atomic E-state index is -0.538. The van der Waals surface area contributed by atoms with Gasteiger partial charge in [-0.25, -0.2) is 0 Å². The van der Waals surface area contributed by atoms with E-state index >= 15 is 0 Å². The largest absolute Gasteiger partial charge is 0.326 e. The molecule has 0 aromatic heterocycles. The third kappa shape index (κ3) is 4.35. The second kappa shape index (κ2) is 7.05. The van der Waals surface area contributed by atoms with Gasteiger partial charge in [-0.3, -0.25) is 9.59 Å². The predicted octanol–water partition coefficient (Wildman–Crippen LogP) is 2.27. The zero-order chi connectivity index (χ0) is 15.3. The summed E-state index contributed by atoms with van der Waals surface area (Å²) in [5.74, 6) is -0.237. The molecular weight excluding hydrogens is 254 g/mol. The van der Waals surface area contributed by atoms with Crippen LogP contribution < -0.4 is 16.4 Å². The first-order valence-electron chi connectivity index (χ1n) is 6.79. The fourth-order valence-corrected chi connectivity index (χ4v) is 1.77. The van der Waals surface area contributed by atoms with Crippen LogP contribution in [0.15, 0.2) is 18.2 Å². The molecule has 5 heteroatoms. The van der Waals surface area contributed by atoms with Gasteiger partial charge in [-0.05, 0) is 30.5 Å². The normalized spacial score (nSPS) is 13.4. The highest BCUT2D eigenvalue weighted by Crippen LogP contribution is 2.21. The molecular formula is C15H23N3O2. The number of nitrogens with two attached hydrogens (primary N) is 1. The minimum absolute atomic E-state index is 0.119. The van der Waals surface area contributed by atoms with Gasteiger partial charge >= 0.3 is 0 Å². The van der Waals surface area contributed by atoms with Crippen LogP contribution in [0, 0.1) is 12.8 Å². The van der Waals surface area contributed by atoms with Crippen molar-refractivity contribution in [2.45, 2.75) is 40.2 Å². The lowest BCUT2D eigenvalue weighted by Gasteiger charge is -2.19. The van der Waals surface area contributed by atoms with E-state index in [9.17, 15) is 9.59 Å². The van der Waals surface area contributed by atoms with Gasteiger partial charge in [-0.2, -0.15) is 0 Å². The average Bonchev–Trinajstić information content (AvgIpc) is 2.40. The number of carbonyl (C=O) groups is 2. The van der Waals surface area contributed by atoms with Crippen molar-refractivity contribution in [2.24, 2.45) is 11.7 Å². The lowest BCUT2D eigenvalue weighted by Crippen LogP contribution is -2.40. The Morgan fingerprint density at radius 1 is 1.30 bits per heavy atom. The van der Waals surface area contributed by atoms with E-state index in [0.717, 1.165) is 12.0 Å². The Kier molecular flexibility index (Phi) is 5.70. The van der Waals surface area contributed by atoms with Crippen molar-refractivity contribution in [3.8, 4) is 0 Å². The molecule has 0 fully saturated rings. The maximum Gasteiger partial charge on any atom is 0.241 e. The first-order chi connectivity index (χ1) is 9.35. The molecule has 0 heterocycles. The molecule has 5 nitrogen and oxygen atoms in total. The second-order valence-electron chi connectivity index (χ2n) is 5.11. The number of anilines is 2. The predicted molar refractivity (Wildman–Crippen MR) is 81.5 cm³/mol. The summed E-state index contributed by atoms with van der Waals surface area (Å²) < 4.78 is 0. The quantitative estimate of drug-likeness (QED) is 0.772. The van der Waals surface area contributed by atoms with E-state index in [4.69, 9.17) is 5.73 Å². The fourth-order valence-electron chi connectivity index (χ4n) is 1.77. The monoisotopic (exact) mass is 277 g/mol. The topological polar surface area (TPSA) is 84.2 Å². The van der Waals surface area contributed by atoms with Crippen molar-refractivity contribution in [1.82, 2.24) is 0 Å². The summed E-state index contributed by atoms with van der Waals surface area (Å²) in [4.78, 5) is 23.1. The molecule has 1 unspecified atom stereocenters. The van der Waals surface area contributed by atoms with Gasteiger partial charge < -0.3 is 16.4 Å². The second-order valence-corrected chi connectivity index (χ2v) is 5.11. The van der Waals surface area contributed by atoms with Crippen molar-refractivity contribution in [1.29, 1.82) is 0 Å². The third-order valence-electron chi connectivity index (χ3n) is 3.38. The smallest absolute Gasteiger partial charge is 0.241 e. The summed E-state index contributed by atoms with van der Waals surface area (Å²) in [7, 11) is 0. The van der Waals surface area contributed by atoms with Crippen molar-refractivity contribution in [3.63, 3.8) is 0 Å². The van der Waals surface area contributed by atoms with Crippen LogP contribution in [0.5, 0.6) is 0 Å². The SMILES string of the molecule is CCC(C)[C@H](N)C(=O)Nc1cc(NC(C)=O)ccc1C. The van der Waals surface area contributed by atoms with E-state index in [2.05, 4.69) is 10.6 Å². The molecule has 0 bridgehead atoms. The van der Waals surface area contributed by atoms with Crippen molar-refractivity contribution >= 4 is 23.2 Å². The molecule has 1 aromatic carbocycles. The summed E-state index contributed by atoms with van der Waals surface area (Å²) in [6.45, 7) is 7.28. The van der Waals surface area contributed by atoms with Crippen LogP contribution in [0.1, 0.15) is 32.8 Å². The summed E-state index contributed by atoms with van der Waals surface area (Å²) in [5, 5.41) is 5.51. The number of aryl methyl sites for hydroxylation is 1. The van der Waals surface area contributed by atoms with Crippen molar-refractivity contribution < 1.29 is 9.59 Å². The third-order valence-corrected chi connectivity index (χ3v) is 3.38. The van der Waals surface area contributed by atoms with Gasteiger partial charge in [-0.1, -0.05) is 26.3 Å². The zero-order valence-electron chi connectivity index (χ0n) is 12.5. The van der Waals surface area contributed by atoms with Gasteiger partial charge in [-0.15, -0.1) is 0 Å². The first-order valence-corrected chi connectivity index (χ1v) is 6.79. The molecule has 2 amide bonds. The summed E-state index contributed by atoms with van der Waals surface area (Å²) in [6, 6.07) is 4.83. The molecule has 2 atom stereocenters. The Morgan fingerprint density at radius 3 is 2.50 bits per heavy atom. The average molecular weight is 277 g/mol. The molecule has 20 heavy (non-hydrogen) atoms. The number of hydrogen-bond acceptors (Lipinski definition) is 3. The fraction of sp³-hybridized carbons (Fsp3) is 0.467. The van der Waals surface area contributed by atoms with E-state index in [-0.39, 0.29) is 17.7 Å². The van der Waals surface area contributed by atoms with Crippen LogP contribution in [0.3, 0.4) is 0 Å². The molecule has 110 valence electrons. The number of nitrogens with one attached hydrogen (secondary N) is 2. The maximum absolute atomic E-state index is 12.1. The molecule has 1 rings (SSSR count). The highest BCUT2D eigenvalue weighted by molar-refractivity contribution is 5.97. The van der Waals surface area contributed by atoms with Crippen LogP contribution in [0.4, 0.5) is 11.4 Å². The van der Waals surface area contributed by atoms with E-state index in [1.165, 1.54) is 6.92 Å². The van der Waals surface area contributed by atoms with Crippen LogP contribution >= 0.6 is 0 Å². The first kappa shape index (κ1) is 16.2. The van der Waals surface area contributed by atoms with Crippen molar-refractivity contribution in [2.75, 3.05) is 10.6 Å².